The maximum absolute atomic E-state index is 5.15. The summed E-state index contributed by atoms with van der Waals surface area (Å²) in [4.78, 5) is 10.3. The highest BCUT2D eigenvalue weighted by atomic mass is 32.1. The molecule has 0 saturated carbocycles. The molecule has 2 aromatic heterocycles. The van der Waals surface area contributed by atoms with Crippen molar-refractivity contribution in [3.05, 3.63) is 170 Å². The Morgan fingerprint density at radius 1 is 0.327 bits per heavy atom. The van der Waals surface area contributed by atoms with Crippen molar-refractivity contribution < 1.29 is 0 Å². The van der Waals surface area contributed by atoms with Gasteiger partial charge in [-0.15, -0.1) is 11.3 Å². The number of aromatic nitrogens is 2. The van der Waals surface area contributed by atoms with Gasteiger partial charge in [-0.05, 0) is 73.8 Å². The molecule has 0 bridgehead atoms. The first kappa shape index (κ1) is 27.9. The van der Waals surface area contributed by atoms with Crippen molar-refractivity contribution >= 4 is 63.8 Å². The fourth-order valence-corrected chi connectivity index (χ4v) is 8.45. The van der Waals surface area contributed by atoms with Crippen LogP contribution in [-0.4, -0.2) is 9.97 Å². The standard InChI is InChI=1S/C46H28N2S/c1-3-12-29(13-4-1)41-28-42(30-14-5-2-6-15-30)48-46(47-41)32-22-24-38-39(27-32)35-17-8-7-16-34(35)37-20-11-19-33(45(37)38)31-23-25-44-40(26-31)36-18-9-10-21-43(36)49-44/h1-28H. The molecule has 0 atom stereocenters. The van der Waals surface area contributed by atoms with Gasteiger partial charge in [0.25, 0.3) is 0 Å². The molecule has 0 aliphatic rings. The maximum Gasteiger partial charge on any atom is 0.160 e. The van der Waals surface area contributed by atoms with Crippen LogP contribution in [0.5, 0.6) is 0 Å². The smallest absolute Gasteiger partial charge is 0.160 e. The van der Waals surface area contributed by atoms with Gasteiger partial charge in [-0.25, -0.2) is 9.97 Å². The minimum absolute atomic E-state index is 0.717. The van der Waals surface area contributed by atoms with Gasteiger partial charge in [0.15, 0.2) is 5.82 Å². The van der Waals surface area contributed by atoms with E-state index in [1.165, 1.54) is 63.6 Å². The second-order valence-corrected chi connectivity index (χ2v) is 13.6. The van der Waals surface area contributed by atoms with Gasteiger partial charge in [-0.2, -0.15) is 0 Å². The molecule has 10 rings (SSSR count). The lowest BCUT2D eigenvalue weighted by Crippen LogP contribution is -1.96. The van der Waals surface area contributed by atoms with Crippen molar-refractivity contribution in [3.8, 4) is 45.0 Å². The number of rotatable bonds is 4. The molecule has 0 unspecified atom stereocenters. The predicted molar refractivity (Wildman–Crippen MR) is 209 cm³/mol. The van der Waals surface area contributed by atoms with E-state index in [-0.39, 0.29) is 0 Å². The average molecular weight is 641 g/mol. The third-order valence-corrected chi connectivity index (χ3v) is 10.8. The molecule has 0 aliphatic heterocycles. The van der Waals surface area contributed by atoms with Gasteiger partial charge in [0.1, 0.15) is 0 Å². The summed E-state index contributed by atoms with van der Waals surface area (Å²) in [5.41, 5.74) is 7.43. The molecule has 0 spiro atoms. The highest BCUT2D eigenvalue weighted by molar-refractivity contribution is 7.25. The van der Waals surface area contributed by atoms with Crippen molar-refractivity contribution in [3.63, 3.8) is 0 Å². The second-order valence-electron chi connectivity index (χ2n) is 12.5. The Bertz CT molecular complexity index is 2810. The van der Waals surface area contributed by atoms with E-state index in [1.54, 1.807) is 0 Å². The van der Waals surface area contributed by atoms with Crippen LogP contribution in [0.1, 0.15) is 0 Å². The van der Waals surface area contributed by atoms with Crippen LogP contribution >= 0.6 is 11.3 Å². The van der Waals surface area contributed by atoms with E-state index in [4.69, 9.17) is 9.97 Å². The van der Waals surface area contributed by atoms with E-state index in [0.717, 1.165) is 28.1 Å². The van der Waals surface area contributed by atoms with E-state index in [2.05, 4.69) is 158 Å². The fourth-order valence-electron chi connectivity index (χ4n) is 7.37. The normalized spacial score (nSPS) is 11.7. The van der Waals surface area contributed by atoms with E-state index in [9.17, 15) is 0 Å². The van der Waals surface area contributed by atoms with E-state index in [1.807, 2.05) is 23.5 Å². The van der Waals surface area contributed by atoms with Gasteiger partial charge >= 0.3 is 0 Å². The first-order valence-electron chi connectivity index (χ1n) is 16.6. The zero-order valence-corrected chi connectivity index (χ0v) is 27.3. The fraction of sp³-hybridized carbons (Fsp3) is 0. The topological polar surface area (TPSA) is 25.8 Å². The largest absolute Gasteiger partial charge is 0.228 e. The summed E-state index contributed by atoms with van der Waals surface area (Å²) >= 11 is 1.86. The quantitative estimate of drug-likeness (QED) is 0.179. The average Bonchev–Trinajstić information content (AvgIpc) is 3.56. The zero-order valence-electron chi connectivity index (χ0n) is 26.5. The SMILES string of the molecule is c1ccc(-c2cc(-c3ccccc3)nc(-c3ccc4c(c3)c3ccccc3c3cccc(-c5ccc6sc7ccccc7c6c5)c34)n2)cc1. The number of hydrogen-bond donors (Lipinski definition) is 0. The highest BCUT2D eigenvalue weighted by Crippen LogP contribution is 2.43. The Morgan fingerprint density at radius 2 is 0.878 bits per heavy atom. The molecule has 49 heavy (non-hydrogen) atoms. The minimum atomic E-state index is 0.717. The summed E-state index contributed by atoms with van der Waals surface area (Å²) in [6.45, 7) is 0. The Balaban J connectivity index is 1.23. The number of thiophene rings is 1. The van der Waals surface area contributed by atoms with Crippen molar-refractivity contribution in [2.24, 2.45) is 0 Å². The lowest BCUT2D eigenvalue weighted by molar-refractivity contribution is 1.18. The third kappa shape index (κ3) is 4.62. The molecule has 0 aliphatic carbocycles. The zero-order chi connectivity index (χ0) is 32.3. The molecule has 2 heterocycles. The summed E-state index contributed by atoms with van der Waals surface area (Å²) in [5, 5.41) is 10.1. The molecule has 2 nitrogen and oxygen atoms in total. The van der Waals surface area contributed by atoms with Gasteiger partial charge in [0.2, 0.25) is 0 Å². The van der Waals surface area contributed by atoms with Crippen LogP contribution in [0, 0.1) is 0 Å². The molecule has 0 saturated heterocycles. The lowest BCUT2D eigenvalue weighted by atomic mass is 9.88. The molecule has 0 radical (unpaired) electrons. The van der Waals surface area contributed by atoms with Crippen LogP contribution in [0.25, 0.3) is 97.5 Å². The lowest BCUT2D eigenvalue weighted by Gasteiger charge is -2.16. The molecular formula is C46H28N2S. The van der Waals surface area contributed by atoms with Crippen LogP contribution in [0.15, 0.2) is 170 Å². The van der Waals surface area contributed by atoms with Crippen LogP contribution in [0.2, 0.25) is 0 Å². The van der Waals surface area contributed by atoms with Gasteiger partial charge in [-0.1, -0.05) is 140 Å². The first-order valence-corrected chi connectivity index (χ1v) is 17.4. The Labute approximate surface area is 287 Å². The monoisotopic (exact) mass is 640 g/mol. The van der Waals surface area contributed by atoms with Gasteiger partial charge in [0, 0.05) is 36.9 Å². The number of fused-ring (bicyclic) bond motifs is 9. The molecule has 3 heteroatoms. The van der Waals surface area contributed by atoms with Crippen LogP contribution < -0.4 is 0 Å². The summed E-state index contributed by atoms with van der Waals surface area (Å²) in [6, 6.07) is 60.8. The van der Waals surface area contributed by atoms with E-state index in [0.29, 0.717) is 5.82 Å². The summed E-state index contributed by atoms with van der Waals surface area (Å²) in [6.07, 6.45) is 0. The Kier molecular flexibility index (Phi) is 6.39. The van der Waals surface area contributed by atoms with Crippen LogP contribution in [0.4, 0.5) is 0 Å². The maximum atomic E-state index is 5.15. The molecular weight excluding hydrogens is 613 g/mol. The summed E-state index contributed by atoms with van der Waals surface area (Å²) < 4.78 is 2.64. The van der Waals surface area contributed by atoms with Gasteiger partial charge in [0.05, 0.1) is 11.4 Å². The molecule has 8 aromatic carbocycles. The van der Waals surface area contributed by atoms with Crippen molar-refractivity contribution in [1.82, 2.24) is 9.97 Å². The highest BCUT2D eigenvalue weighted by Gasteiger charge is 2.17. The predicted octanol–water partition coefficient (Wildman–Crippen LogP) is 13.0. The second kappa shape index (κ2) is 11.2. The number of benzene rings is 8. The van der Waals surface area contributed by atoms with Gasteiger partial charge in [-0.3, -0.25) is 0 Å². The van der Waals surface area contributed by atoms with Gasteiger partial charge < -0.3 is 0 Å². The van der Waals surface area contributed by atoms with Crippen molar-refractivity contribution in [2.75, 3.05) is 0 Å². The first-order chi connectivity index (χ1) is 24.3. The number of nitrogens with zero attached hydrogens (tertiary/aromatic N) is 2. The molecule has 0 amide bonds. The van der Waals surface area contributed by atoms with Crippen molar-refractivity contribution in [1.29, 1.82) is 0 Å². The third-order valence-electron chi connectivity index (χ3n) is 9.67. The molecule has 0 N–H and O–H groups in total. The summed E-state index contributed by atoms with van der Waals surface area (Å²) in [5.74, 6) is 0.717. The Hall–Kier alpha value is -6.16. The molecule has 10 aromatic rings. The van der Waals surface area contributed by atoms with E-state index >= 15 is 0 Å². The van der Waals surface area contributed by atoms with Crippen LogP contribution in [0.3, 0.4) is 0 Å². The minimum Gasteiger partial charge on any atom is -0.228 e. The summed E-state index contributed by atoms with van der Waals surface area (Å²) in [7, 11) is 0. The Morgan fingerprint density at radius 3 is 1.61 bits per heavy atom. The molecule has 0 fully saturated rings. The number of hydrogen-bond acceptors (Lipinski definition) is 3. The van der Waals surface area contributed by atoms with Crippen molar-refractivity contribution in [2.45, 2.75) is 0 Å². The van der Waals surface area contributed by atoms with Crippen LogP contribution in [-0.2, 0) is 0 Å². The van der Waals surface area contributed by atoms with E-state index < -0.39 is 0 Å². The molecule has 228 valence electrons.